The molecule has 0 bridgehead atoms. The molecule has 2 atom stereocenters. The van der Waals surface area contributed by atoms with Gasteiger partial charge in [0.1, 0.15) is 0 Å². The summed E-state index contributed by atoms with van der Waals surface area (Å²) >= 11 is 0. The van der Waals surface area contributed by atoms with E-state index in [1.165, 1.54) is 12.0 Å². The van der Waals surface area contributed by atoms with Crippen LogP contribution in [0.1, 0.15) is 33.6 Å². The zero-order chi connectivity index (χ0) is 11.1. The Morgan fingerprint density at radius 1 is 1.14 bits per heavy atom. The molecule has 0 aliphatic heterocycles. The lowest BCUT2D eigenvalue weighted by atomic mass is 9.80. The Kier molecular flexibility index (Phi) is 6.27. The van der Waals surface area contributed by atoms with Gasteiger partial charge in [0.05, 0.1) is 0 Å². The second-order valence-electron chi connectivity index (χ2n) is 4.35. The average Bonchev–Trinajstić information content (AvgIpc) is 2.16. The van der Waals surface area contributed by atoms with Crippen molar-refractivity contribution in [3.8, 4) is 0 Å². The van der Waals surface area contributed by atoms with Crippen molar-refractivity contribution in [2.24, 2.45) is 17.8 Å². The van der Waals surface area contributed by atoms with Crippen LogP contribution in [-0.2, 0) is 0 Å². The van der Waals surface area contributed by atoms with Crippen LogP contribution in [0.5, 0.6) is 0 Å². The Morgan fingerprint density at radius 3 is 1.86 bits per heavy atom. The highest BCUT2D eigenvalue weighted by molar-refractivity contribution is 4.94. The predicted molar refractivity (Wildman–Crippen MR) is 66.3 cm³/mol. The molecule has 0 spiro atoms. The van der Waals surface area contributed by atoms with Crippen LogP contribution in [-0.4, -0.2) is 0 Å². The van der Waals surface area contributed by atoms with E-state index in [1.807, 2.05) is 12.2 Å². The summed E-state index contributed by atoms with van der Waals surface area (Å²) in [4.78, 5) is 0. The minimum Gasteiger partial charge on any atom is -0.103 e. The first kappa shape index (κ1) is 13.2. The zero-order valence-electron chi connectivity index (χ0n) is 9.92. The molecule has 14 heavy (non-hydrogen) atoms. The molecular weight excluding hydrogens is 168 g/mol. The van der Waals surface area contributed by atoms with Gasteiger partial charge in [-0.3, -0.25) is 0 Å². The minimum absolute atomic E-state index is 0.558. The van der Waals surface area contributed by atoms with Crippen LogP contribution in [0.4, 0.5) is 0 Å². The van der Waals surface area contributed by atoms with Crippen molar-refractivity contribution in [2.45, 2.75) is 33.6 Å². The Labute approximate surface area is 89.4 Å². The fraction of sp³-hybridized carbons (Fsp3) is 0.571. The molecule has 0 saturated carbocycles. The number of allylic oxidation sites excluding steroid dienone is 3. The van der Waals surface area contributed by atoms with Crippen LogP contribution in [0.15, 0.2) is 37.5 Å². The van der Waals surface area contributed by atoms with Crippen molar-refractivity contribution in [3.05, 3.63) is 37.5 Å². The first-order valence-electron chi connectivity index (χ1n) is 5.42. The number of hydrogen-bond donors (Lipinski definition) is 0. The van der Waals surface area contributed by atoms with E-state index >= 15 is 0 Å². The molecule has 0 heterocycles. The lowest BCUT2D eigenvalue weighted by Gasteiger charge is -2.25. The summed E-state index contributed by atoms with van der Waals surface area (Å²) in [6.45, 7) is 18.2. The molecule has 0 nitrogen and oxygen atoms in total. The predicted octanol–water partition coefficient (Wildman–Crippen LogP) is 4.60. The maximum absolute atomic E-state index is 3.95. The largest absolute Gasteiger partial charge is 0.103 e. The third kappa shape index (κ3) is 4.45. The molecule has 0 heteroatoms. The van der Waals surface area contributed by atoms with Crippen LogP contribution < -0.4 is 0 Å². The van der Waals surface area contributed by atoms with E-state index in [0.29, 0.717) is 17.8 Å². The van der Waals surface area contributed by atoms with Gasteiger partial charge in [-0.2, -0.15) is 0 Å². The Morgan fingerprint density at radius 2 is 1.57 bits per heavy atom. The molecule has 0 rings (SSSR count). The summed E-state index contributed by atoms with van der Waals surface area (Å²) in [5, 5.41) is 0. The third-order valence-corrected chi connectivity index (χ3v) is 3.00. The van der Waals surface area contributed by atoms with Crippen LogP contribution in [0.25, 0.3) is 0 Å². The highest BCUT2D eigenvalue weighted by atomic mass is 14.2. The molecule has 0 aromatic carbocycles. The SMILES string of the molecule is C=CC(C)C(CCC(=C)C)C(C)C=C. The van der Waals surface area contributed by atoms with Crippen molar-refractivity contribution in [3.63, 3.8) is 0 Å². The lowest BCUT2D eigenvalue weighted by molar-refractivity contribution is 0.318. The molecule has 0 N–H and O–H groups in total. The van der Waals surface area contributed by atoms with E-state index < -0.39 is 0 Å². The van der Waals surface area contributed by atoms with Crippen molar-refractivity contribution >= 4 is 0 Å². The van der Waals surface area contributed by atoms with E-state index in [2.05, 4.69) is 40.5 Å². The van der Waals surface area contributed by atoms with Gasteiger partial charge in [-0.1, -0.05) is 31.6 Å². The molecule has 0 aliphatic rings. The van der Waals surface area contributed by atoms with Gasteiger partial charge >= 0.3 is 0 Å². The Hall–Kier alpha value is -0.780. The maximum atomic E-state index is 3.95. The molecule has 0 aliphatic carbocycles. The van der Waals surface area contributed by atoms with E-state index in [9.17, 15) is 0 Å². The van der Waals surface area contributed by atoms with Gasteiger partial charge in [0.25, 0.3) is 0 Å². The second kappa shape index (κ2) is 6.64. The molecule has 0 radical (unpaired) electrons. The molecule has 80 valence electrons. The topological polar surface area (TPSA) is 0 Å². The smallest absolute Gasteiger partial charge is 0.0231 e. The third-order valence-electron chi connectivity index (χ3n) is 3.00. The standard InChI is InChI=1S/C14H24/c1-7-12(5)14(13(6)8-2)10-9-11(3)4/h7-8,12-14H,1-3,9-10H2,4-6H3. The highest BCUT2D eigenvalue weighted by Crippen LogP contribution is 2.28. The van der Waals surface area contributed by atoms with E-state index in [4.69, 9.17) is 0 Å². The van der Waals surface area contributed by atoms with E-state index in [1.54, 1.807) is 0 Å². The van der Waals surface area contributed by atoms with Gasteiger partial charge in [0, 0.05) is 0 Å². The fourth-order valence-electron chi connectivity index (χ4n) is 1.77. The molecule has 0 fully saturated rings. The first-order valence-corrected chi connectivity index (χ1v) is 5.42. The lowest BCUT2D eigenvalue weighted by Crippen LogP contribution is -2.17. The van der Waals surface area contributed by atoms with E-state index in [-0.39, 0.29) is 0 Å². The van der Waals surface area contributed by atoms with Crippen molar-refractivity contribution in [1.29, 1.82) is 0 Å². The monoisotopic (exact) mass is 192 g/mol. The van der Waals surface area contributed by atoms with Gasteiger partial charge in [-0.15, -0.1) is 19.7 Å². The van der Waals surface area contributed by atoms with Gasteiger partial charge in [0.15, 0.2) is 0 Å². The Bertz CT molecular complexity index is 186. The number of hydrogen-bond acceptors (Lipinski definition) is 0. The summed E-state index contributed by atoms with van der Waals surface area (Å²) in [6.07, 6.45) is 6.39. The van der Waals surface area contributed by atoms with Crippen molar-refractivity contribution in [2.75, 3.05) is 0 Å². The molecule has 0 aromatic rings. The van der Waals surface area contributed by atoms with E-state index in [0.717, 1.165) is 6.42 Å². The Balaban J connectivity index is 4.30. The zero-order valence-corrected chi connectivity index (χ0v) is 9.92. The van der Waals surface area contributed by atoms with Crippen LogP contribution in [0, 0.1) is 17.8 Å². The van der Waals surface area contributed by atoms with Crippen LogP contribution >= 0.6 is 0 Å². The van der Waals surface area contributed by atoms with Gasteiger partial charge in [0.2, 0.25) is 0 Å². The quantitative estimate of drug-likeness (QED) is 0.517. The fourth-order valence-corrected chi connectivity index (χ4v) is 1.77. The first-order chi connectivity index (χ1) is 6.52. The van der Waals surface area contributed by atoms with Crippen molar-refractivity contribution < 1.29 is 0 Å². The summed E-state index contributed by atoms with van der Waals surface area (Å²) in [5.74, 6) is 1.77. The molecule has 0 saturated heterocycles. The molecule has 0 aromatic heterocycles. The molecule has 2 unspecified atom stereocenters. The summed E-state index contributed by atoms with van der Waals surface area (Å²) in [5.41, 5.74) is 1.27. The summed E-state index contributed by atoms with van der Waals surface area (Å²) in [7, 11) is 0. The normalized spacial score (nSPS) is 16.8. The summed E-state index contributed by atoms with van der Waals surface area (Å²) in [6, 6.07) is 0. The van der Waals surface area contributed by atoms with Crippen molar-refractivity contribution in [1.82, 2.24) is 0 Å². The average molecular weight is 192 g/mol. The highest BCUT2D eigenvalue weighted by Gasteiger charge is 2.18. The summed E-state index contributed by atoms with van der Waals surface area (Å²) < 4.78 is 0. The molecular formula is C14H24. The van der Waals surface area contributed by atoms with Gasteiger partial charge in [-0.05, 0) is 37.5 Å². The number of rotatable bonds is 7. The second-order valence-corrected chi connectivity index (χ2v) is 4.35. The maximum Gasteiger partial charge on any atom is -0.0231 e. The van der Waals surface area contributed by atoms with Gasteiger partial charge < -0.3 is 0 Å². The molecule has 0 amide bonds. The van der Waals surface area contributed by atoms with Crippen LogP contribution in [0.2, 0.25) is 0 Å². The van der Waals surface area contributed by atoms with Gasteiger partial charge in [-0.25, -0.2) is 0 Å². The minimum atomic E-state index is 0.558. The van der Waals surface area contributed by atoms with Crippen LogP contribution in [0.3, 0.4) is 0 Å².